The Morgan fingerprint density at radius 1 is 1.00 bits per heavy atom. The number of hydrogen-bond acceptors (Lipinski definition) is 6. The van der Waals surface area contributed by atoms with E-state index in [4.69, 9.17) is 0 Å². The number of tetrazole rings is 1. The molecule has 8 nitrogen and oxygen atoms in total. The van der Waals surface area contributed by atoms with Crippen molar-refractivity contribution in [3.63, 3.8) is 0 Å². The third kappa shape index (κ3) is 4.13. The number of nitrogens with one attached hydrogen (secondary N) is 2. The van der Waals surface area contributed by atoms with Crippen molar-refractivity contribution in [1.29, 1.82) is 0 Å². The van der Waals surface area contributed by atoms with Crippen LogP contribution in [-0.2, 0) is 13.0 Å². The molecule has 3 heterocycles. The van der Waals surface area contributed by atoms with E-state index < -0.39 is 0 Å². The third-order valence-corrected chi connectivity index (χ3v) is 5.32. The highest BCUT2D eigenvalue weighted by molar-refractivity contribution is 5.49. The fourth-order valence-electron chi connectivity index (χ4n) is 3.76. The number of aryl methyl sites for hydroxylation is 1. The lowest BCUT2D eigenvalue weighted by Gasteiger charge is -2.15. The number of fused-ring (bicyclic) bond motifs is 1. The molecule has 0 fully saturated rings. The second kappa shape index (κ2) is 8.35. The van der Waals surface area contributed by atoms with Crippen molar-refractivity contribution >= 4 is 11.5 Å². The van der Waals surface area contributed by atoms with Gasteiger partial charge in [0.25, 0.3) is 0 Å². The molecule has 0 amide bonds. The minimum Gasteiger partial charge on any atom is -0.366 e. The van der Waals surface area contributed by atoms with Crippen LogP contribution in [0.3, 0.4) is 0 Å². The molecule has 3 aromatic heterocycles. The van der Waals surface area contributed by atoms with Crippen molar-refractivity contribution in [2.45, 2.75) is 25.8 Å². The quantitative estimate of drug-likeness (QED) is 0.426. The van der Waals surface area contributed by atoms with Gasteiger partial charge in [0.15, 0.2) is 11.5 Å². The first-order valence-electron chi connectivity index (χ1n) is 10.2. The van der Waals surface area contributed by atoms with E-state index in [-0.39, 0.29) is 5.92 Å². The van der Waals surface area contributed by atoms with Crippen molar-refractivity contribution in [3.05, 3.63) is 101 Å². The van der Waals surface area contributed by atoms with Crippen LogP contribution in [0.2, 0.25) is 0 Å². The van der Waals surface area contributed by atoms with Gasteiger partial charge in [-0.05, 0) is 40.5 Å². The molecule has 2 aromatic carbocycles. The van der Waals surface area contributed by atoms with E-state index in [0.717, 1.165) is 29.4 Å². The van der Waals surface area contributed by atoms with Gasteiger partial charge in [-0.3, -0.25) is 0 Å². The molecular weight excluding hydrogens is 388 g/mol. The Hall–Kier alpha value is -4.07. The second-order valence-corrected chi connectivity index (χ2v) is 7.51. The maximum Gasteiger partial charge on any atom is 0.157 e. The van der Waals surface area contributed by atoms with Gasteiger partial charge in [0, 0.05) is 30.3 Å². The molecule has 5 rings (SSSR count). The Morgan fingerprint density at radius 2 is 1.84 bits per heavy atom. The minimum absolute atomic E-state index is 0.0611. The summed E-state index contributed by atoms with van der Waals surface area (Å²) in [4.78, 5) is 4.48. The van der Waals surface area contributed by atoms with E-state index in [0.29, 0.717) is 6.54 Å². The van der Waals surface area contributed by atoms with E-state index in [1.807, 2.05) is 29.6 Å². The topological polar surface area (TPSA) is 96.7 Å². The minimum atomic E-state index is 0.0611. The number of H-pyrrole nitrogens is 1. The highest BCUT2D eigenvalue weighted by Crippen LogP contribution is 2.26. The SMILES string of the molecule is Cc1cc(NCc2ccc(C(Cc3ccccc3)c3nnn[nH]3)cc2)n2nccc2n1. The maximum atomic E-state index is 4.48. The van der Waals surface area contributed by atoms with Crippen molar-refractivity contribution in [2.75, 3.05) is 5.32 Å². The number of anilines is 1. The lowest BCUT2D eigenvalue weighted by atomic mass is 9.91. The highest BCUT2D eigenvalue weighted by Gasteiger charge is 2.18. The molecule has 8 heteroatoms. The highest BCUT2D eigenvalue weighted by atomic mass is 15.5. The summed E-state index contributed by atoms with van der Waals surface area (Å²) in [5, 5.41) is 22.5. The molecule has 1 atom stereocenters. The van der Waals surface area contributed by atoms with Crippen LogP contribution in [-0.4, -0.2) is 35.2 Å². The largest absolute Gasteiger partial charge is 0.366 e. The van der Waals surface area contributed by atoms with Crippen LogP contribution in [0, 0.1) is 6.92 Å². The molecule has 0 aliphatic heterocycles. The molecule has 1 unspecified atom stereocenters. The number of aromatic nitrogens is 7. The van der Waals surface area contributed by atoms with Gasteiger partial charge in [0.1, 0.15) is 5.82 Å². The number of benzene rings is 2. The van der Waals surface area contributed by atoms with E-state index in [1.54, 1.807) is 6.20 Å². The van der Waals surface area contributed by atoms with Crippen LogP contribution in [0.15, 0.2) is 72.9 Å². The Labute approximate surface area is 179 Å². The van der Waals surface area contributed by atoms with Gasteiger partial charge in [-0.2, -0.15) is 9.61 Å². The summed E-state index contributed by atoms with van der Waals surface area (Å²) in [6, 6.07) is 22.9. The molecule has 0 saturated carbocycles. The number of nitrogens with zero attached hydrogens (tertiary/aromatic N) is 6. The zero-order chi connectivity index (χ0) is 21.0. The third-order valence-electron chi connectivity index (χ3n) is 5.32. The molecule has 0 aliphatic carbocycles. The lowest BCUT2D eigenvalue weighted by Crippen LogP contribution is -2.09. The number of aromatic amines is 1. The molecule has 0 aliphatic rings. The summed E-state index contributed by atoms with van der Waals surface area (Å²) in [5.41, 5.74) is 5.37. The van der Waals surface area contributed by atoms with Crippen LogP contribution in [0.5, 0.6) is 0 Å². The van der Waals surface area contributed by atoms with Crippen molar-refractivity contribution in [2.24, 2.45) is 0 Å². The maximum absolute atomic E-state index is 4.48. The van der Waals surface area contributed by atoms with E-state index in [1.165, 1.54) is 16.7 Å². The lowest BCUT2D eigenvalue weighted by molar-refractivity contribution is 0.739. The first kappa shape index (κ1) is 18.9. The van der Waals surface area contributed by atoms with E-state index in [9.17, 15) is 0 Å². The fourth-order valence-corrected chi connectivity index (χ4v) is 3.76. The Kier molecular flexibility index (Phi) is 5.10. The monoisotopic (exact) mass is 410 g/mol. The van der Waals surface area contributed by atoms with Gasteiger partial charge in [0.05, 0.1) is 6.20 Å². The average Bonchev–Trinajstić information content (AvgIpc) is 3.49. The normalized spacial score (nSPS) is 12.2. The predicted octanol–water partition coefficient (Wildman–Crippen LogP) is 3.54. The van der Waals surface area contributed by atoms with E-state index >= 15 is 0 Å². The standard InChI is InChI=1S/C23H22N8/c1-16-13-22(31-21(26-16)11-12-25-31)24-15-18-7-9-19(10-8-18)20(23-27-29-30-28-23)14-17-5-3-2-4-6-17/h2-13,20,24H,14-15H2,1H3,(H,27,28,29,30). The first-order chi connectivity index (χ1) is 15.3. The van der Waals surface area contributed by atoms with Crippen LogP contribution >= 0.6 is 0 Å². The van der Waals surface area contributed by atoms with Crippen LogP contribution in [0.1, 0.15) is 34.1 Å². The van der Waals surface area contributed by atoms with Gasteiger partial charge >= 0.3 is 0 Å². The molecule has 0 bridgehead atoms. The smallest absolute Gasteiger partial charge is 0.157 e. The zero-order valence-electron chi connectivity index (χ0n) is 17.1. The predicted molar refractivity (Wildman–Crippen MR) is 118 cm³/mol. The van der Waals surface area contributed by atoms with Crippen molar-refractivity contribution in [1.82, 2.24) is 35.2 Å². The number of hydrogen-bond donors (Lipinski definition) is 2. The fraction of sp³-hybridized carbons (Fsp3) is 0.174. The molecular formula is C23H22N8. The van der Waals surface area contributed by atoms with Gasteiger partial charge in [0.2, 0.25) is 0 Å². The van der Waals surface area contributed by atoms with Gasteiger partial charge in [-0.25, -0.2) is 10.1 Å². The van der Waals surface area contributed by atoms with Crippen molar-refractivity contribution < 1.29 is 0 Å². The molecule has 0 spiro atoms. The molecule has 0 radical (unpaired) electrons. The average molecular weight is 410 g/mol. The van der Waals surface area contributed by atoms with Gasteiger partial charge in [-0.15, -0.1) is 5.10 Å². The Balaban J connectivity index is 1.34. The summed E-state index contributed by atoms with van der Waals surface area (Å²) in [6.45, 7) is 2.67. The van der Waals surface area contributed by atoms with Crippen LogP contribution in [0.4, 0.5) is 5.82 Å². The van der Waals surface area contributed by atoms with Gasteiger partial charge < -0.3 is 5.32 Å². The Bertz CT molecular complexity index is 1260. The van der Waals surface area contributed by atoms with Gasteiger partial charge in [-0.1, -0.05) is 54.6 Å². The first-order valence-corrected chi connectivity index (χ1v) is 10.2. The summed E-state index contributed by atoms with van der Waals surface area (Å²) in [7, 11) is 0. The summed E-state index contributed by atoms with van der Waals surface area (Å²) in [5.74, 6) is 1.75. The number of rotatable bonds is 7. The summed E-state index contributed by atoms with van der Waals surface area (Å²) < 4.78 is 1.81. The second-order valence-electron chi connectivity index (χ2n) is 7.51. The zero-order valence-corrected chi connectivity index (χ0v) is 17.1. The molecule has 2 N–H and O–H groups in total. The molecule has 31 heavy (non-hydrogen) atoms. The van der Waals surface area contributed by atoms with E-state index in [2.05, 4.69) is 84.6 Å². The molecule has 0 saturated heterocycles. The molecule has 5 aromatic rings. The van der Waals surface area contributed by atoms with Crippen molar-refractivity contribution in [3.8, 4) is 0 Å². The molecule has 154 valence electrons. The summed E-state index contributed by atoms with van der Waals surface area (Å²) >= 11 is 0. The van der Waals surface area contributed by atoms with Crippen LogP contribution < -0.4 is 5.32 Å². The van der Waals surface area contributed by atoms with Crippen LogP contribution in [0.25, 0.3) is 5.65 Å². The summed E-state index contributed by atoms with van der Waals surface area (Å²) in [6.07, 6.45) is 2.58. The Morgan fingerprint density at radius 3 is 2.61 bits per heavy atom.